The van der Waals surface area contributed by atoms with E-state index >= 15 is 0 Å². The summed E-state index contributed by atoms with van der Waals surface area (Å²) in [6.07, 6.45) is 12.2. The molecular weight excluding hydrogens is 844 g/mol. The van der Waals surface area contributed by atoms with Gasteiger partial charge in [0.2, 0.25) is 0 Å². The smallest absolute Gasteiger partial charge is 0.343 e. The number of nitrogens with zero attached hydrogens (tertiary/aromatic N) is 1. The van der Waals surface area contributed by atoms with Crippen LogP contribution in [-0.2, 0) is 47.0 Å². The number of hydrogen-bond acceptors (Lipinski definition) is 6. The normalized spacial score (nSPS) is 14.7. The van der Waals surface area contributed by atoms with Gasteiger partial charge in [0, 0.05) is 53.4 Å². The van der Waals surface area contributed by atoms with Gasteiger partial charge in [-0.3, -0.25) is 9.59 Å². The number of halogens is 1. The van der Waals surface area contributed by atoms with E-state index in [4.69, 9.17) is 9.47 Å². The summed E-state index contributed by atoms with van der Waals surface area (Å²) < 4.78 is 11.9. The number of hydrogen-bond donors (Lipinski definition) is 2. The van der Waals surface area contributed by atoms with E-state index in [1.807, 2.05) is 28.8 Å². The first-order chi connectivity index (χ1) is 30.2. The SMILES string of the molecule is BrCc1ccc(-c2ccccc2)cc1.CC1CCCO1.CCOC(=O)c1c[nH]c2c(c1=O)CCCC2.O=C(O)c1cn(Cc2ccc(-c3ccccc3)cc2)c2c(c1=O)CCC2. The van der Waals surface area contributed by atoms with Crippen molar-refractivity contribution < 1.29 is 24.2 Å². The number of aryl methyl sites for hydroxylation is 1. The van der Waals surface area contributed by atoms with Crippen molar-refractivity contribution in [3.05, 3.63) is 187 Å². The van der Waals surface area contributed by atoms with E-state index in [-0.39, 0.29) is 28.6 Å². The van der Waals surface area contributed by atoms with Crippen LogP contribution in [0.2, 0.25) is 0 Å². The minimum atomic E-state index is -1.15. The Balaban J connectivity index is 0.000000153. The average Bonchev–Trinajstić information content (AvgIpc) is 4.02. The molecule has 2 aromatic heterocycles. The molecule has 3 aliphatic rings. The number of aromatic carboxylic acids is 1. The number of carbonyl (C=O) groups is 2. The van der Waals surface area contributed by atoms with E-state index in [1.165, 1.54) is 41.9 Å². The summed E-state index contributed by atoms with van der Waals surface area (Å²) in [6, 6.07) is 37.5. The quantitative estimate of drug-likeness (QED) is 0.115. The molecule has 1 unspecified atom stereocenters. The number of carboxylic acid groups (broad SMARTS) is 1. The molecule has 1 fully saturated rings. The van der Waals surface area contributed by atoms with Crippen LogP contribution in [0.15, 0.2) is 131 Å². The summed E-state index contributed by atoms with van der Waals surface area (Å²) in [5.41, 5.74) is 10.1. The van der Waals surface area contributed by atoms with Crippen LogP contribution in [0.4, 0.5) is 0 Å². The number of H-pyrrole nitrogens is 1. The van der Waals surface area contributed by atoms with Crippen molar-refractivity contribution in [1.82, 2.24) is 9.55 Å². The molecule has 4 aromatic carbocycles. The predicted molar refractivity (Wildman–Crippen MR) is 249 cm³/mol. The minimum absolute atomic E-state index is 0.127. The molecule has 9 rings (SSSR count). The lowest BCUT2D eigenvalue weighted by atomic mass is 9.94. The van der Waals surface area contributed by atoms with E-state index in [2.05, 4.69) is 113 Å². The Morgan fingerprint density at radius 3 is 1.82 bits per heavy atom. The minimum Gasteiger partial charge on any atom is -0.477 e. The Morgan fingerprint density at radius 2 is 1.29 bits per heavy atom. The number of benzene rings is 4. The molecule has 0 amide bonds. The van der Waals surface area contributed by atoms with Crippen molar-refractivity contribution in [2.24, 2.45) is 0 Å². The molecule has 10 heteroatoms. The molecular formula is C52H55BrN2O7. The van der Waals surface area contributed by atoms with Gasteiger partial charge in [0.25, 0.3) is 0 Å². The van der Waals surface area contributed by atoms with Gasteiger partial charge in [0.1, 0.15) is 11.1 Å². The third-order valence-corrected chi connectivity index (χ3v) is 11.9. The summed E-state index contributed by atoms with van der Waals surface area (Å²) in [6.45, 7) is 5.69. The highest BCUT2D eigenvalue weighted by molar-refractivity contribution is 9.08. The van der Waals surface area contributed by atoms with Gasteiger partial charge in [0.15, 0.2) is 10.9 Å². The fourth-order valence-corrected chi connectivity index (χ4v) is 8.26. The molecule has 1 saturated heterocycles. The number of rotatable bonds is 8. The van der Waals surface area contributed by atoms with Crippen molar-refractivity contribution in [1.29, 1.82) is 0 Å². The second-order valence-electron chi connectivity index (χ2n) is 15.6. The summed E-state index contributed by atoms with van der Waals surface area (Å²) in [4.78, 5) is 50.3. The van der Waals surface area contributed by atoms with Crippen LogP contribution in [0.25, 0.3) is 22.3 Å². The number of ether oxygens (including phenoxy) is 2. The van der Waals surface area contributed by atoms with Gasteiger partial charge in [-0.1, -0.05) is 125 Å². The van der Waals surface area contributed by atoms with Crippen molar-refractivity contribution in [2.75, 3.05) is 13.2 Å². The van der Waals surface area contributed by atoms with E-state index < -0.39 is 11.9 Å². The number of carbonyl (C=O) groups excluding carboxylic acids is 1. The van der Waals surface area contributed by atoms with Crippen LogP contribution >= 0.6 is 15.9 Å². The van der Waals surface area contributed by atoms with Crippen molar-refractivity contribution >= 4 is 27.9 Å². The Labute approximate surface area is 371 Å². The van der Waals surface area contributed by atoms with Gasteiger partial charge in [-0.2, -0.15) is 0 Å². The average molecular weight is 900 g/mol. The highest BCUT2D eigenvalue weighted by Crippen LogP contribution is 2.24. The molecule has 0 radical (unpaired) electrons. The Hall–Kier alpha value is -5.84. The number of aromatic amines is 1. The maximum atomic E-state index is 12.3. The molecule has 0 saturated carbocycles. The van der Waals surface area contributed by atoms with Crippen LogP contribution in [-0.4, -0.2) is 45.9 Å². The first kappa shape index (κ1) is 45.7. The summed E-state index contributed by atoms with van der Waals surface area (Å²) in [5, 5.41) is 10.3. The fourth-order valence-electron chi connectivity index (χ4n) is 7.89. The van der Waals surface area contributed by atoms with Gasteiger partial charge in [0.05, 0.1) is 12.7 Å². The van der Waals surface area contributed by atoms with E-state index in [0.717, 1.165) is 84.1 Å². The zero-order valence-electron chi connectivity index (χ0n) is 35.5. The Bertz CT molecular complexity index is 2510. The Morgan fingerprint density at radius 1 is 0.726 bits per heavy atom. The number of esters is 1. The molecule has 1 atom stereocenters. The first-order valence-electron chi connectivity index (χ1n) is 21.5. The van der Waals surface area contributed by atoms with Crippen LogP contribution in [0, 0.1) is 0 Å². The number of pyridine rings is 2. The lowest BCUT2D eigenvalue weighted by Crippen LogP contribution is -2.25. The summed E-state index contributed by atoms with van der Waals surface area (Å²) >= 11 is 3.44. The lowest BCUT2D eigenvalue weighted by molar-refractivity contribution is 0.0523. The number of aromatic nitrogens is 2. The van der Waals surface area contributed by atoms with Gasteiger partial charge in [-0.15, -0.1) is 0 Å². The van der Waals surface area contributed by atoms with Gasteiger partial charge >= 0.3 is 11.9 Å². The molecule has 0 bridgehead atoms. The summed E-state index contributed by atoms with van der Waals surface area (Å²) in [5.74, 6) is -1.69. The molecule has 1 aliphatic heterocycles. The number of alkyl halides is 1. The molecule has 9 nitrogen and oxygen atoms in total. The molecule has 6 aromatic rings. The van der Waals surface area contributed by atoms with E-state index in [1.54, 1.807) is 6.92 Å². The van der Waals surface area contributed by atoms with Crippen LogP contribution in [0.1, 0.15) is 100 Å². The topological polar surface area (TPSA) is 128 Å². The molecule has 2 aliphatic carbocycles. The second-order valence-corrected chi connectivity index (χ2v) is 16.1. The highest BCUT2D eigenvalue weighted by Gasteiger charge is 2.23. The van der Waals surface area contributed by atoms with Crippen LogP contribution in [0.3, 0.4) is 0 Å². The highest BCUT2D eigenvalue weighted by atomic mass is 79.9. The zero-order valence-corrected chi connectivity index (χ0v) is 37.1. The van der Waals surface area contributed by atoms with E-state index in [0.29, 0.717) is 24.6 Å². The van der Waals surface area contributed by atoms with Gasteiger partial charge in [-0.05, 0) is 105 Å². The second kappa shape index (κ2) is 22.8. The number of nitrogens with one attached hydrogen (secondary N) is 1. The summed E-state index contributed by atoms with van der Waals surface area (Å²) in [7, 11) is 0. The lowest BCUT2D eigenvalue weighted by Gasteiger charge is -2.15. The maximum absolute atomic E-state index is 12.3. The predicted octanol–water partition coefficient (Wildman–Crippen LogP) is 10.6. The standard InChI is InChI=1S/C22H19NO3.C13H11Br.C12H15NO3.C5H10O/c24-21-18-7-4-8-20(18)23(14-19(21)22(25)26)13-15-9-11-17(12-10-15)16-5-2-1-3-6-16;14-10-11-6-8-13(9-7-11)12-4-2-1-3-5-12;1-2-16-12(15)9-7-13-10-6-4-3-5-8(10)11(9)14;1-5-3-2-4-6-5/h1-3,5-6,9-12,14H,4,7-8,13H2,(H,25,26);1-9H,10H2;7H,2-6H2,1H3,(H,13,14);5H,2-4H2,1H3. The number of carboxylic acids is 1. The molecule has 0 spiro atoms. The molecule has 3 heterocycles. The van der Waals surface area contributed by atoms with E-state index in [9.17, 15) is 24.3 Å². The monoisotopic (exact) mass is 898 g/mol. The van der Waals surface area contributed by atoms with Gasteiger partial charge in [-0.25, -0.2) is 9.59 Å². The third kappa shape index (κ3) is 12.2. The fraction of sp³-hybridized carbons (Fsp3) is 0.308. The first-order valence-corrected chi connectivity index (χ1v) is 22.6. The van der Waals surface area contributed by atoms with Crippen molar-refractivity contribution in [3.63, 3.8) is 0 Å². The Kier molecular flexibility index (Phi) is 16.8. The van der Waals surface area contributed by atoms with Crippen LogP contribution in [0.5, 0.6) is 0 Å². The maximum Gasteiger partial charge on any atom is 0.343 e. The van der Waals surface area contributed by atoms with Gasteiger partial charge < -0.3 is 24.1 Å². The van der Waals surface area contributed by atoms with Crippen LogP contribution < -0.4 is 10.9 Å². The zero-order chi connectivity index (χ0) is 43.8. The third-order valence-electron chi connectivity index (χ3n) is 11.2. The van der Waals surface area contributed by atoms with Crippen molar-refractivity contribution in [2.45, 2.75) is 89.6 Å². The molecule has 62 heavy (non-hydrogen) atoms. The largest absolute Gasteiger partial charge is 0.477 e. The van der Waals surface area contributed by atoms with Crippen molar-refractivity contribution in [3.8, 4) is 22.3 Å². The number of fused-ring (bicyclic) bond motifs is 2. The molecule has 2 N–H and O–H groups in total. The molecule has 322 valence electrons.